The summed E-state index contributed by atoms with van der Waals surface area (Å²) in [5, 5.41) is 12.3. The maximum atomic E-state index is 6.76. The lowest BCUT2D eigenvalue weighted by Gasteiger charge is -2.25. The molecule has 0 aliphatic carbocycles. The second-order valence-corrected chi connectivity index (χ2v) is 9.38. The molecule has 0 fully saturated rings. The van der Waals surface area contributed by atoms with Gasteiger partial charge in [0.05, 0.1) is 17.3 Å². The summed E-state index contributed by atoms with van der Waals surface area (Å²) in [7, 11) is 0. The number of hydrazone groups is 1. The lowest BCUT2D eigenvalue weighted by atomic mass is 9.97. The molecule has 0 amide bonds. The van der Waals surface area contributed by atoms with Gasteiger partial charge in [0.25, 0.3) is 0 Å². The van der Waals surface area contributed by atoms with Crippen LogP contribution in [-0.2, 0) is 6.54 Å². The standard InChI is InChI=1S/C28H25ClN4S/c1-18-11-13-21(14-12-18)24-16-25(23-15-22-10-6-7-19(2)26(22)31-27(23)29)33(32-24)28(34)30-17-20-8-4-3-5-9-20/h3-15,25H,16-17H2,1-2H3,(H,30,34)/t25-/m0/s1. The lowest BCUT2D eigenvalue weighted by Crippen LogP contribution is -2.36. The normalized spacial score (nSPS) is 15.4. The van der Waals surface area contributed by atoms with E-state index in [-0.39, 0.29) is 6.04 Å². The molecule has 0 bridgehead atoms. The van der Waals surface area contributed by atoms with E-state index in [4.69, 9.17) is 33.9 Å². The van der Waals surface area contributed by atoms with Crippen LogP contribution in [0.3, 0.4) is 0 Å². The highest BCUT2D eigenvalue weighted by Crippen LogP contribution is 2.37. The van der Waals surface area contributed by atoms with E-state index >= 15 is 0 Å². The molecule has 1 atom stereocenters. The Balaban J connectivity index is 1.50. The second kappa shape index (κ2) is 9.53. The molecule has 4 nitrogen and oxygen atoms in total. The number of halogens is 1. The van der Waals surface area contributed by atoms with E-state index in [1.165, 1.54) is 5.56 Å². The topological polar surface area (TPSA) is 40.5 Å². The quantitative estimate of drug-likeness (QED) is 0.257. The van der Waals surface area contributed by atoms with E-state index in [9.17, 15) is 0 Å². The van der Waals surface area contributed by atoms with Gasteiger partial charge in [0.15, 0.2) is 5.11 Å². The van der Waals surface area contributed by atoms with Crippen LogP contribution in [0.2, 0.25) is 5.15 Å². The molecule has 2 heterocycles. The van der Waals surface area contributed by atoms with Gasteiger partial charge in [-0.05, 0) is 48.8 Å². The zero-order valence-corrected chi connectivity index (χ0v) is 20.7. The molecule has 0 spiro atoms. The van der Waals surface area contributed by atoms with Gasteiger partial charge in [-0.1, -0.05) is 90.0 Å². The fraction of sp³-hybridized carbons (Fsp3) is 0.179. The zero-order valence-electron chi connectivity index (χ0n) is 19.1. The highest BCUT2D eigenvalue weighted by molar-refractivity contribution is 7.80. The zero-order chi connectivity index (χ0) is 23.7. The fourth-order valence-corrected chi connectivity index (χ4v) is 4.79. The molecule has 34 heavy (non-hydrogen) atoms. The van der Waals surface area contributed by atoms with Crippen LogP contribution >= 0.6 is 23.8 Å². The predicted octanol–water partition coefficient (Wildman–Crippen LogP) is 6.73. The van der Waals surface area contributed by atoms with Crippen LogP contribution in [0, 0.1) is 13.8 Å². The minimum Gasteiger partial charge on any atom is -0.357 e. The Morgan fingerprint density at radius 2 is 1.79 bits per heavy atom. The van der Waals surface area contributed by atoms with Crippen LogP contribution in [0.5, 0.6) is 0 Å². The number of benzene rings is 3. The Morgan fingerprint density at radius 1 is 1.03 bits per heavy atom. The summed E-state index contributed by atoms with van der Waals surface area (Å²) in [4.78, 5) is 4.74. The minimum absolute atomic E-state index is 0.142. The summed E-state index contributed by atoms with van der Waals surface area (Å²) in [5.74, 6) is 0. The summed E-state index contributed by atoms with van der Waals surface area (Å²) < 4.78 is 0. The molecule has 3 aromatic carbocycles. The van der Waals surface area contributed by atoms with Crippen molar-refractivity contribution in [3.05, 3.63) is 112 Å². The van der Waals surface area contributed by atoms with E-state index in [1.54, 1.807) is 0 Å². The first-order chi connectivity index (χ1) is 16.5. The van der Waals surface area contributed by atoms with Crippen LogP contribution in [0.1, 0.15) is 40.3 Å². The summed E-state index contributed by atoms with van der Waals surface area (Å²) in [6.07, 6.45) is 0.689. The molecule has 1 aromatic heterocycles. The van der Waals surface area contributed by atoms with Gasteiger partial charge >= 0.3 is 0 Å². The van der Waals surface area contributed by atoms with Crippen molar-refractivity contribution >= 4 is 45.5 Å². The van der Waals surface area contributed by atoms with Crippen molar-refractivity contribution in [3.8, 4) is 0 Å². The molecule has 1 aliphatic heterocycles. The van der Waals surface area contributed by atoms with Gasteiger partial charge in [-0.25, -0.2) is 9.99 Å². The molecule has 0 saturated carbocycles. The molecule has 1 N–H and O–H groups in total. The summed E-state index contributed by atoms with van der Waals surface area (Å²) in [5.41, 5.74) is 7.39. The van der Waals surface area contributed by atoms with Crippen LogP contribution in [0.15, 0.2) is 84.0 Å². The van der Waals surface area contributed by atoms with Gasteiger partial charge < -0.3 is 5.32 Å². The molecular formula is C28H25ClN4S. The smallest absolute Gasteiger partial charge is 0.190 e. The van der Waals surface area contributed by atoms with E-state index in [0.29, 0.717) is 23.2 Å². The van der Waals surface area contributed by atoms with Crippen molar-refractivity contribution in [2.24, 2.45) is 5.10 Å². The van der Waals surface area contributed by atoms with Crippen LogP contribution < -0.4 is 5.32 Å². The number of nitrogens with one attached hydrogen (secondary N) is 1. The molecular weight excluding hydrogens is 460 g/mol. The average molecular weight is 485 g/mol. The number of hydrogen-bond donors (Lipinski definition) is 1. The first-order valence-electron chi connectivity index (χ1n) is 11.3. The van der Waals surface area contributed by atoms with Gasteiger partial charge in [0.2, 0.25) is 0 Å². The van der Waals surface area contributed by atoms with Crippen LogP contribution in [0.4, 0.5) is 0 Å². The highest BCUT2D eigenvalue weighted by atomic mass is 35.5. The third-order valence-corrected chi connectivity index (χ3v) is 6.81. The number of aromatic nitrogens is 1. The third-order valence-electron chi connectivity index (χ3n) is 6.18. The molecule has 0 radical (unpaired) electrons. The van der Waals surface area contributed by atoms with Gasteiger partial charge in [-0.2, -0.15) is 5.10 Å². The predicted molar refractivity (Wildman–Crippen MR) is 144 cm³/mol. The number of fused-ring (bicyclic) bond motifs is 1. The number of aryl methyl sites for hydroxylation is 2. The minimum atomic E-state index is -0.142. The van der Waals surface area contributed by atoms with Crippen molar-refractivity contribution in [1.29, 1.82) is 0 Å². The highest BCUT2D eigenvalue weighted by Gasteiger charge is 2.33. The van der Waals surface area contributed by atoms with E-state index in [0.717, 1.165) is 38.9 Å². The lowest BCUT2D eigenvalue weighted by molar-refractivity contribution is 0.363. The molecule has 0 unspecified atom stereocenters. The van der Waals surface area contributed by atoms with Gasteiger partial charge in [-0.15, -0.1) is 0 Å². The van der Waals surface area contributed by atoms with E-state index in [2.05, 4.69) is 73.8 Å². The summed E-state index contributed by atoms with van der Waals surface area (Å²) in [6.45, 7) is 4.76. The van der Waals surface area contributed by atoms with Crippen molar-refractivity contribution in [2.45, 2.75) is 32.9 Å². The average Bonchev–Trinajstić information content (AvgIpc) is 3.29. The van der Waals surface area contributed by atoms with Crippen molar-refractivity contribution in [3.63, 3.8) is 0 Å². The van der Waals surface area contributed by atoms with Crippen molar-refractivity contribution in [2.75, 3.05) is 0 Å². The van der Waals surface area contributed by atoms with Gasteiger partial charge in [-0.3, -0.25) is 0 Å². The number of thiocarbonyl (C=S) groups is 1. The van der Waals surface area contributed by atoms with Crippen LogP contribution in [-0.4, -0.2) is 20.8 Å². The molecule has 4 aromatic rings. The number of nitrogens with zero attached hydrogens (tertiary/aromatic N) is 3. The molecule has 170 valence electrons. The fourth-order valence-electron chi connectivity index (χ4n) is 4.29. The number of para-hydroxylation sites is 1. The summed E-state index contributed by atoms with van der Waals surface area (Å²) >= 11 is 12.6. The first kappa shape index (κ1) is 22.5. The monoisotopic (exact) mass is 484 g/mol. The van der Waals surface area contributed by atoms with Crippen LogP contribution in [0.25, 0.3) is 10.9 Å². The molecule has 6 heteroatoms. The van der Waals surface area contributed by atoms with Crippen molar-refractivity contribution in [1.82, 2.24) is 15.3 Å². The Hall–Kier alpha value is -3.28. The molecule has 1 aliphatic rings. The maximum Gasteiger partial charge on any atom is 0.190 e. The largest absolute Gasteiger partial charge is 0.357 e. The SMILES string of the molecule is Cc1ccc(C2=NN(C(=S)NCc3ccccc3)[C@H](c3cc4cccc(C)c4nc3Cl)C2)cc1. The van der Waals surface area contributed by atoms with E-state index in [1.807, 2.05) is 29.3 Å². The number of pyridine rings is 1. The number of hydrogen-bond acceptors (Lipinski definition) is 3. The Kier molecular flexibility index (Phi) is 6.31. The Bertz CT molecular complexity index is 1380. The first-order valence-corrected chi connectivity index (χ1v) is 12.1. The Morgan fingerprint density at radius 3 is 2.56 bits per heavy atom. The maximum absolute atomic E-state index is 6.76. The van der Waals surface area contributed by atoms with Crippen molar-refractivity contribution < 1.29 is 0 Å². The summed E-state index contributed by atoms with van der Waals surface area (Å²) in [6, 6.07) is 26.8. The third kappa shape index (κ3) is 4.54. The molecule has 5 rings (SSSR count). The molecule has 0 saturated heterocycles. The van der Waals surface area contributed by atoms with Gasteiger partial charge in [0, 0.05) is 23.9 Å². The van der Waals surface area contributed by atoms with Gasteiger partial charge in [0.1, 0.15) is 5.15 Å². The second-order valence-electron chi connectivity index (χ2n) is 8.64. The van der Waals surface area contributed by atoms with E-state index < -0.39 is 0 Å². The number of rotatable bonds is 4. The Labute approximate surface area is 210 Å².